The molecule has 1 saturated heterocycles. The fourth-order valence-electron chi connectivity index (χ4n) is 3.20. The van der Waals surface area contributed by atoms with Gasteiger partial charge < -0.3 is 14.8 Å². The molecule has 0 radical (unpaired) electrons. The second kappa shape index (κ2) is 6.08. The summed E-state index contributed by atoms with van der Waals surface area (Å²) in [5, 5.41) is 7.10. The Labute approximate surface area is 144 Å². The second-order valence-electron chi connectivity index (χ2n) is 6.23. The van der Waals surface area contributed by atoms with E-state index >= 15 is 0 Å². The van der Waals surface area contributed by atoms with Gasteiger partial charge in [0.05, 0.1) is 6.20 Å². The second-order valence-corrected chi connectivity index (χ2v) is 6.23. The highest BCUT2D eigenvalue weighted by Crippen LogP contribution is 2.21. The highest BCUT2D eigenvalue weighted by molar-refractivity contribution is 5.99. The Hall–Kier alpha value is -3.09. The van der Waals surface area contributed by atoms with E-state index in [0.717, 1.165) is 29.9 Å². The van der Waals surface area contributed by atoms with E-state index in [1.54, 1.807) is 15.6 Å². The van der Waals surface area contributed by atoms with Gasteiger partial charge >= 0.3 is 0 Å². The highest BCUT2D eigenvalue weighted by atomic mass is 16.2. The molecule has 1 aliphatic heterocycles. The molecule has 1 aliphatic rings. The lowest BCUT2D eigenvalue weighted by atomic mass is 10.2. The number of nitrogens with zero attached hydrogens (tertiary/aromatic N) is 4. The highest BCUT2D eigenvalue weighted by Gasteiger charge is 2.21. The maximum Gasteiger partial charge on any atom is 0.256 e. The Bertz CT molecular complexity index is 938. The van der Waals surface area contributed by atoms with Gasteiger partial charge in [0.2, 0.25) is 5.91 Å². The van der Waals surface area contributed by atoms with Crippen LogP contribution in [0.2, 0.25) is 0 Å². The molecule has 25 heavy (non-hydrogen) atoms. The van der Waals surface area contributed by atoms with Gasteiger partial charge in [-0.2, -0.15) is 5.10 Å². The first-order valence-corrected chi connectivity index (χ1v) is 8.29. The molecule has 0 bridgehead atoms. The molecule has 2 aromatic heterocycles. The molecule has 0 saturated carbocycles. The zero-order chi connectivity index (χ0) is 17.4. The number of carbonyl (C=O) groups excluding carboxylic acids is 2. The number of anilines is 1. The van der Waals surface area contributed by atoms with Crippen LogP contribution in [0.15, 0.2) is 42.9 Å². The molecule has 0 unspecified atom stereocenters. The molecule has 0 spiro atoms. The topological polar surface area (TPSA) is 71.6 Å². The van der Waals surface area contributed by atoms with Crippen molar-refractivity contribution in [1.29, 1.82) is 0 Å². The van der Waals surface area contributed by atoms with Crippen LogP contribution in [0.1, 0.15) is 28.8 Å². The number of hydrogen-bond acceptors (Lipinski definition) is 3. The number of carbonyl (C=O) groups is 2. The molecule has 7 heteroatoms. The molecule has 3 heterocycles. The Kier molecular flexibility index (Phi) is 3.76. The van der Waals surface area contributed by atoms with Crippen molar-refractivity contribution in [2.45, 2.75) is 19.4 Å². The zero-order valence-corrected chi connectivity index (χ0v) is 14.0. The van der Waals surface area contributed by atoms with Crippen molar-refractivity contribution >= 4 is 23.1 Å². The summed E-state index contributed by atoms with van der Waals surface area (Å²) in [7, 11) is 1.88. The molecule has 128 valence electrons. The Morgan fingerprint density at radius 3 is 2.76 bits per heavy atom. The van der Waals surface area contributed by atoms with E-state index in [-0.39, 0.29) is 11.8 Å². The number of rotatable bonds is 4. The fraction of sp³-hybridized carbons (Fsp3) is 0.278. The van der Waals surface area contributed by atoms with Crippen LogP contribution in [0, 0.1) is 0 Å². The molecule has 1 aromatic carbocycles. The van der Waals surface area contributed by atoms with Gasteiger partial charge in [0.15, 0.2) is 0 Å². The normalized spacial score (nSPS) is 14.4. The number of benzene rings is 1. The third-order valence-electron chi connectivity index (χ3n) is 4.55. The van der Waals surface area contributed by atoms with Gasteiger partial charge in [0.1, 0.15) is 11.2 Å². The molecule has 1 fully saturated rings. The van der Waals surface area contributed by atoms with Crippen LogP contribution in [-0.4, -0.2) is 32.5 Å². The minimum Gasteiger partial charge on any atom is -0.348 e. The Morgan fingerprint density at radius 2 is 2.04 bits per heavy atom. The molecular weight excluding hydrogens is 318 g/mol. The summed E-state index contributed by atoms with van der Waals surface area (Å²) >= 11 is 0. The van der Waals surface area contributed by atoms with E-state index < -0.39 is 0 Å². The van der Waals surface area contributed by atoms with Crippen molar-refractivity contribution in [3.8, 4) is 0 Å². The predicted octanol–water partition coefficient (Wildman–Crippen LogP) is 1.73. The smallest absolute Gasteiger partial charge is 0.256 e. The minimum atomic E-state index is -0.157. The first-order chi connectivity index (χ1) is 12.1. The lowest BCUT2D eigenvalue weighted by Crippen LogP contribution is -2.24. The minimum absolute atomic E-state index is 0.157. The average molecular weight is 337 g/mol. The molecule has 2 amide bonds. The van der Waals surface area contributed by atoms with Crippen molar-refractivity contribution in [3.05, 3.63) is 54.0 Å². The van der Waals surface area contributed by atoms with Crippen LogP contribution >= 0.6 is 0 Å². The lowest BCUT2D eigenvalue weighted by molar-refractivity contribution is -0.117. The van der Waals surface area contributed by atoms with Gasteiger partial charge in [0, 0.05) is 44.6 Å². The molecule has 7 nitrogen and oxygen atoms in total. The predicted molar refractivity (Wildman–Crippen MR) is 93.4 cm³/mol. The molecular formula is C18H19N5O2. The number of amides is 2. The fourth-order valence-corrected chi connectivity index (χ4v) is 3.20. The van der Waals surface area contributed by atoms with Crippen molar-refractivity contribution in [3.63, 3.8) is 0 Å². The largest absolute Gasteiger partial charge is 0.348 e. The van der Waals surface area contributed by atoms with E-state index in [1.807, 2.05) is 48.3 Å². The molecule has 0 atom stereocenters. The van der Waals surface area contributed by atoms with Crippen LogP contribution in [0.3, 0.4) is 0 Å². The van der Waals surface area contributed by atoms with Crippen LogP contribution in [0.4, 0.5) is 5.69 Å². The molecule has 0 aliphatic carbocycles. The summed E-state index contributed by atoms with van der Waals surface area (Å²) in [6, 6.07) is 7.74. The Balaban J connectivity index is 1.43. The molecule has 4 rings (SSSR count). The monoisotopic (exact) mass is 337 g/mol. The third kappa shape index (κ3) is 2.77. The number of nitrogens with one attached hydrogen (secondary N) is 1. The van der Waals surface area contributed by atoms with E-state index in [1.165, 1.54) is 0 Å². The summed E-state index contributed by atoms with van der Waals surface area (Å²) in [5.74, 6) is 0.0180. The van der Waals surface area contributed by atoms with Gasteiger partial charge in [-0.3, -0.25) is 9.59 Å². The summed E-state index contributed by atoms with van der Waals surface area (Å²) in [4.78, 5) is 26.0. The summed E-state index contributed by atoms with van der Waals surface area (Å²) in [6.07, 6.45) is 6.78. The molecule has 1 N–H and O–H groups in total. The number of aromatic nitrogens is 3. The molecule has 3 aromatic rings. The third-order valence-corrected chi connectivity index (χ3v) is 4.55. The average Bonchev–Trinajstić information content (AvgIpc) is 3.32. The van der Waals surface area contributed by atoms with E-state index in [2.05, 4.69) is 10.4 Å². The number of imidazole rings is 1. The quantitative estimate of drug-likeness (QED) is 0.788. The summed E-state index contributed by atoms with van der Waals surface area (Å²) < 4.78 is 3.54. The maximum atomic E-state index is 12.4. The van der Waals surface area contributed by atoms with Gasteiger partial charge in [-0.1, -0.05) is 12.1 Å². The summed E-state index contributed by atoms with van der Waals surface area (Å²) in [6.45, 7) is 1.21. The number of aryl methyl sites for hydroxylation is 1. The van der Waals surface area contributed by atoms with Crippen LogP contribution in [0.25, 0.3) is 5.65 Å². The lowest BCUT2D eigenvalue weighted by Gasteiger charge is -2.16. The van der Waals surface area contributed by atoms with Crippen LogP contribution in [0.5, 0.6) is 0 Å². The van der Waals surface area contributed by atoms with Crippen LogP contribution < -0.4 is 10.2 Å². The van der Waals surface area contributed by atoms with E-state index in [4.69, 9.17) is 0 Å². The first-order valence-electron chi connectivity index (χ1n) is 8.29. The van der Waals surface area contributed by atoms with Gasteiger partial charge in [-0.05, 0) is 24.1 Å². The SMILES string of the molecule is Cn1ccn2ncc(C(=O)NCc3ccc(N4CCCC4=O)cc3)c12. The maximum absolute atomic E-state index is 12.4. The van der Waals surface area contributed by atoms with Gasteiger partial charge in [-0.25, -0.2) is 4.52 Å². The standard InChI is InChI=1S/C18H19N5O2/c1-21-9-10-23-18(21)15(12-20-23)17(25)19-11-13-4-6-14(7-5-13)22-8-2-3-16(22)24/h4-7,9-10,12H,2-3,8,11H2,1H3,(H,19,25). The van der Waals surface area contributed by atoms with Crippen molar-refractivity contribution in [2.75, 3.05) is 11.4 Å². The Morgan fingerprint density at radius 1 is 1.24 bits per heavy atom. The summed E-state index contributed by atoms with van der Waals surface area (Å²) in [5.41, 5.74) is 3.21. The van der Waals surface area contributed by atoms with Crippen molar-refractivity contribution in [1.82, 2.24) is 19.5 Å². The zero-order valence-electron chi connectivity index (χ0n) is 14.0. The van der Waals surface area contributed by atoms with E-state index in [0.29, 0.717) is 18.5 Å². The van der Waals surface area contributed by atoms with Gasteiger partial charge in [-0.15, -0.1) is 0 Å². The van der Waals surface area contributed by atoms with Crippen LogP contribution in [-0.2, 0) is 18.4 Å². The number of fused-ring (bicyclic) bond motifs is 1. The van der Waals surface area contributed by atoms with Crippen molar-refractivity contribution in [2.24, 2.45) is 7.05 Å². The van der Waals surface area contributed by atoms with E-state index in [9.17, 15) is 9.59 Å². The number of hydrogen-bond donors (Lipinski definition) is 1. The first kappa shape index (κ1) is 15.4. The van der Waals surface area contributed by atoms with Gasteiger partial charge in [0.25, 0.3) is 5.91 Å². The van der Waals surface area contributed by atoms with Crippen molar-refractivity contribution < 1.29 is 9.59 Å².